The maximum absolute atomic E-state index is 12.0. The summed E-state index contributed by atoms with van der Waals surface area (Å²) >= 11 is 5.94. The highest BCUT2D eigenvalue weighted by atomic mass is 35.5. The molecule has 1 heterocycles. The molecule has 2 atom stereocenters. The summed E-state index contributed by atoms with van der Waals surface area (Å²) in [6.07, 6.45) is 6.03. The van der Waals surface area contributed by atoms with Crippen LogP contribution in [0.15, 0.2) is 16.7 Å². The van der Waals surface area contributed by atoms with Gasteiger partial charge in [-0.3, -0.25) is 4.79 Å². The van der Waals surface area contributed by atoms with E-state index in [0.717, 1.165) is 18.6 Å². The number of rotatable bonds is 3. The molecule has 2 rings (SSSR count). The SMILES string of the molecule is Cc1cc(C(=O)NC2CCCCC2CCl)co1. The molecule has 0 bridgehead atoms. The summed E-state index contributed by atoms with van der Waals surface area (Å²) in [6, 6.07) is 1.97. The van der Waals surface area contributed by atoms with Crippen LogP contribution in [0.3, 0.4) is 0 Å². The molecule has 1 aliphatic rings. The predicted octanol–water partition coefficient (Wildman–Crippen LogP) is 3.12. The van der Waals surface area contributed by atoms with Crippen molar-refractivity contribution in [1.29, 1.82) is 0 Å². The van der Waals surface area contributed by atoms with Crippen molar-refractivity contribution in [3.8, 4) is 0 Å². The molecule has 4 heteroatoms. The fourth-order valence-electron chi connectivity index (χ4n) is 2.40. The van der Waals surface area contributed by atoms with E-state index in [2.05, 4.69) is 5.32 Å². The summed E-state index contributed by atoms with van der Waals surface area (Å²) in [6.45, 7) is 1.83. The maximum Gasteiger partial charge on any atom is 0.254 e. The Morgan fingerprint density at radius 3 is 2.94 bits per heavy atom. The molecule has 17 heavy (non-hydrogen) atoms. The number of aryl methyl sites for hydroxylation is 1. The van der Waals surface area contributed by atoms with Gasteiger partial charge in [-0.1, -0.05) is 12.8 Å². The topological polar surface area (TPSA) is 42.2 Å². The summed E-state index contributed by atoms with van der Waals surface area (Å²) in [4.78, 5) is 12.0. The van der Waals surface area contributed by atoms with Crippen LogP contribution in [0.2, 0.25) is 0 Å². The Labute approximate surface area is 107 Å². The molecule has 0 radical (unpaired) electrons. The normalized spacial score (nSPS) is 24.6. The summed E-state index contributed by atoms with van der Waals surface area (Å²) < 4.78 is 5.14. The van der Waals surface area contributed by atoms with Gasteiger partial charge in [-0.15, -0.1) is 11.6 Å². The zero-order valence-electron chi connectivity index (χ0n) is 10.0. The number of halogens is 1. The quantitative estimate of drug-likeness (QED) is 0.844. The second-order valence-corrected chi connectivity index (χ2v) is 5.03. The molecule has 1 amide bonds. The first kappa shape index (κ1) is 12.5. The van der Waals surface area contributed by atoms with Gasteiger partial charge in [0.05, 0.1) is 5.56 Å². The van der Waals surface area contributed by atoms with E-state index >= 15 is 0 Å². The average molecular weight is 256 g/mol. The zero-order chi connectivity index (χ0) is 12.3. The molecule has 1 aromatic heterocycles. The van der Waals surface area contributed by atoms with E-state index < -0.39 is 0 Å². The van der Waals surface area contributed by atoms with Crippen molar-refractivity contribution in [3.63, 3.8) is 0 Å². The maximum atomic E-state index is 12.0. The Morgan fingerprint density at radius 2 is 2.29 bits per heavy atom. The van der Waals surface area contributed by atoms with E-state index in [-0.39, 0.29) is 11.9 Å². The molecule has 3 nitrogen and oxygen atoms in total. The minimum absolute atomic E-state index is 0.0520. The largest absolute Gasteiger partial charge is 0.469 e. The van der Waals surface area contributed by atoms with E-state index in [0.29, 0.717) is 17.4 Å². The lowest BCUT2D eigenvalue weighted by Gasteiger charge is -2.30. The third-order valence-corrected chi connectivity index (χ3v) is 3.81. The lowest BCUT2D eigenvalue weighted by atomic mass is 9.85. The second kappa shape index (κ2) is 5.58. The highest BCUT2D eigenvalue weighted by Crippen LogP contribution is 2.25. The molecule has 1 saturated carbocycles. The van der Waals surface area contributed by atoms with Crippen LogP contribution >= 0.6 is 11.6 Å². The third kappa shape index (κ3) is 3.03. The van der Waals surface area contributed by atoms with Gasteiger partial charge in [0.2, 0.25) is 0 Å². The summed E-state index contributed by atoms with van der Waals surface area (Å²) in [5.41, 5.74) is 0.599. The van der Waals surface area contributed by atoms with E-state index in [1.807, 2.05) is 6.92 Å². The van der Waals surface area contributed by atoms with Crippen LogP contribution in [0.1, 0.15) is 41.8 Å². The van der Waals surface area contributed by atoms with Crippen LogP contribution in [0.25, 0.3) is 0 Å². The van der Waals surface area contributed by atoms with Crippen molar-refractivity contribution in [2.75, 3.05) is 5.88 Å². The van der Waals surface area contributed by atoms with Gasteiger partial charge in [0.25, 0.3) is 5.91 Å². The van der Waals surface area contributed by atoms with Crippen LogP contribution in [0.5, 0.6) is 0 Å². The molecule has 1 aliphatic carbocycles. The Morgan fingerprint density at radius 1 is 1.53 bits per heavy atom. The molecule has 2 unspecified atom stereocenters. The van der Waals surface area contributed by atoms with Gasteiger partial charge in [-0.05, 0) is 31.7 Å². The van der Waals surface area contributed by atoms with Gasteiger partial charge in [0, 0.05) is 11.9 Å². The molecule has 0 aliphatic heterocycles. The molecular weight excluding hydrogens is 238 g/mol. The standard InChI is InChI=1S/C13H18ClNO2/c1-9-6-11(8-17-9)13(16)15-12-5-3-2-4-10(12)7-14/h6,8,10,12H,2-5,7H2,1H3,(H,15,16). The highest BCUT2D eigenvalue weighted by Gasteiger charge is 2.26. The van der Waals surface area contributed by atoms with Crippen molar-refractivity contribution in [3.05, 3.63) is 23.7 Å². The predicted molar refractivity (Wildman–Crippen MR) is 67.4 cm³/mol. The number of carbonyl (C=O) groups is 1. The number of amides is 1. The van der Waals surface area contributed by atoms with Crippen molar-refractivity contribution >= 4 is 17.5 Å². The number of nitrogens with one attached hydrogen (secondary N) is 1. The molecular formula is C13H18ClNO2. The third-order valence-electron chi connectivity index (χ3n) is 3.42. The highest BCUT2D eigenvalue weighted by molar-refractivity contribution is 6.18. The van der Waals surface area contributed by atoms with Gasteiger partial charge in [-0.25, -0.2) is 0 Å². The Balaban J connectivity index is 1.97. The van der Waals surface area contributed by atoms with E-state index in [1.165, 1.54) is 19.1 Å². The minimum atomic E-state index is -0.0520. The van der Waals surface area contributed by atoms with Crippen LogP contribution in [-0.4, -0.2) is 17.8 Å². The van der Waals surface area contributed by atoms with Crippen molar-refractivity contribution in [2.24, 2.45) is 5.92 Å². The van der Waals surface area contributed by atoms with Gasteiger partial charge < -0.3 is 9.73 Å². The second-order valence-electron chi connectivity index (χ2n) is 4.72. The first-order chi connectivity index (χ1) is 8.20. The molecule has 94 valence electrons. The van der Waals surface area contributed by atoms with Crippen molar-refractivity contribution in [1.82, 2.24) is 5.32 Å². The summed E-state index contributed by atoms with van der Waals surface area (Å²) in [7, 11) is 0. The lowest BCUT2D eigenvalue weighted by molar-refractivity contribution is 0.0910. The van der Waals surface area contributed by atoms with Crippen molar-refractivity contribution in [2.45, 2.75) is 38.6 Å². The first-order valence-electron chi connectivity index (χ1n) is 6.12. The molecule has 1 N–H and O–H groups in total. The van der Waals surface area contributed by atoms with Crippen LogP contribution < -0.4 is 5.32 Å². The van der Waals surface area contributed by atoms with Gasteiger partial charge in [-0.2, -0.15) is 0 Å². The molecule has 0 spiro atoms. The fourth-order valence-corrected chi connectivity index (χ4v) is 2.77. The zero-order valence-corrected chi connectivity index (χ0v) is 10.8. The first-order valence-corrected chi connectivity index (χ1v) is 6.66. The number of carbonyl (C=O) groups excluding carboxylic acids is 1. The minimum Gasteiger partial charge on any atom is -0.469 e. The van der Waals surface area contributed by atoms with E-state index in [1.54, 1.807) is 6.07 Å². The number of alkyl halides is 1. The Hall–Kier alpha value is -0.960. The van der Waals surface area contributed by atoms with Crippen molar-refractivity contribution < 1.29 is 9.21 Å². The van der Waals surface area contributed by atoms with Crippen LogP contribution in [0, 0.1) is 12.8 Å². The van der Waals surface area contributed by atoms with Gasteiger partial charge in [0.15, 0.2) is 0 Å². The molecule has 1 aromatic rings. The molecule has 0 aromatic carbocycles. The number of hydrogen-bond acceptors (Lipinski definition) is 2. The number of hydrogen-bond donors (Lipinski definition) is 1. The fraction of sp³-hybridized carbons (Fsp3) is 0.615. The van der Waals surface area contributed by atoms with Crippen LogP contribution in [-0.2, 0) is 0 Å². The average Bonchev–Trinajstić information content (AvgIpc) is 2.77. The van der Waals surface area contributed by atoms with E-state index in [9.17, 15) is 4.79 Å². The smallest absolute Gasteiger partial charge is 0.254 e. The Bertz CT molecular complexity index is 389. The molecule has 1 fully saturated rings. The monoisotopic (exact) mass is 255 g/mol. The number of furan rings is 1. The molecule has 0 saturated heterocycles. The van der Waals surface area contributed by atoms with Gasteiger partial charge >= 0.3 is 0 Å². The van der Waals surface area contributed by atoms with Gasteiger partial charge in [0.1, 0.15) is 12.0 Å². The van der Waals surface area contributed by atoms with Crippen LogP contribution in [0.4, 0.5) is 0 Å². The van der Waals surface area contributed by atoms with E-state index in [4.69, 9.17) is 16.0 Å². The summed E-state index contributed by atoms with van der Waals surface area (Å²) in [5.74, 6) is 1.73. The lowest BCUT2D eigenvalue weighted by Crippen LogP contribution is -2.42. The Kier molecular flexibility index (Phi) is 4.11. The summed E-state index contributed by atoms with van der Waals surface area (Å²) in [5, 5.41) is 3.07.